The van der Waals surface area contributed by atoms with Gasteiger partial charge in [0.1, 0.15) is 16.4 Å². The molecule has 0 N–H and O–H groups in total. The second-order valence-electron chi connectivity index (χ2n) is 7.89. The Morgan fingerprint density at radius 2 is 1.68 bits per heavy atom. The Morgan fingerprint density at radius 3 is 2.35 bits per heavy atom. The molecule has 2 aromatic rings. The molecule has 8 heteroatoms. The van der Waals surface area contributed by atoms with Gasteiger partial charge in [0.05, 0.1) is 12.2 Å². The number of amides is 2. The molecule has 0 unspecified atom stereocenters. The number of benzene rings is 2. The van der Waals surface area contributed by atoms with E-state index < -0.39 is 20.5 Å². The van der Waals surface area contributed by atoms with Crippen LogP contribution in [0.25, 0.3) is 0 Å². The minimum absolute atomic E-state index is 0.185. The molecule has 0 aliphatic carbocycles. The molecule has 7 nitrogen and oxygen atoms in total. The monoisotopic (exact) mass is 442 g/mol. The molecule has 2 aliphatic heterocycles. The van der Waals surface area contributed by atoms with Crippen molar-refractivity contribution in [1.29, 1.82) is 0 Å². The molecule has 0 saturated carbocycles. The summed E-state index contributed by atoms with van der Waals surface area (Å²) in [6.45, 7) is 3.08. The Hall–Kier alpha value is -2.87. The third-order valence-corrected chi connectivity index (χ3v) is 8.53. The number of piperidine rings is 1. The number of rotatable bonds is 5. The minimum Gasteiger partial charge on any atom is -0.493 e. The number of likely N-dealkylation sites (tertiary alicyclic amines) is 1. The van der Waals surface area contributed by atoms with Crippen LogP contribution in [0.5, 0.6) is 5.75 Å². The predicted octanol–water partition coefficient (Wildman–Crippen LogP) is 2.47. The van der Waals surface area contributed by atoms with E-state index in [4.69, 9.17) is 4.74 Å². The molecule has 0 atom stereocenters. The third kappa shape index (κ3) is 3.80. The molecule has 0 bridgehead atoms. The van der Waals surface area contributed by atoms with E-state index in [1.807, 2.05) is 43.3 Å². The Morgan fingerprint density at radius 1 is 1.03 bits per heavy atom. The van der Waals surface area contributed by atoms with E-state index in [2.05, 4.69) is 0 Å². The van der Waals surface area contributed by atoms with Gasteiger partial charge in [0.15, 0.2) is 9.84 Å². The van der Waals surface area contributed by atoms with Crippen LogP contribution in [0.2, 0.25) is 0 Å². The Labute approximate surface area is 182 Å². The fraction of sp³-hybridized carbons (Fsp3) is 0.391. The van der Waals surface area contributed by atoms with Crippen molar-refractivity contribution in [3.8, 4) is 5.75 Å². The van der Waals surface area contributed by atoms with Crippen molar-refractivity contribution < 1.29 is 22.7 Å². The molecule has 0 aromatic heterocycles. The fourth-order valence-corrected chi connectivity index (χ4v) is 6.56. The highest BCUT2D eigenvalue weighted by Gasteiger charge is 2.58. The molecule has 1 spiro atoms. The van der Waals surface area contributed by atoms with Crippen LogP contribution >= 0.6 is 0 Å². The normalized spacial score (nSPS) is 19.6. The van der Waals surface area contributed by atoms with Crippen LogP contribution in [0.4, 0.5) is 0 Å². The lowest BCUT2D eigenvalue weighted by atomic mass is 10.00. The SMILES string of the molecule is CCOc1ccccc1C(=O)N1CCC2(CC1)N(Cc1ccccc1)C(=O)CS2(=O)=O. The van der Waals surface area contributed by atoms with Gasteiger partial charge in [-0.15, -0.1) is 0 Å². The topological polar surface area (TPSA) is 84.0 Å². The van der Waals surface area contributed by atoms with Crippen molar-refractivity contribution in [2.24, 2.45) is 0 Å². The van der Waals surface area contributed by atoms with Gasteiger partial charge >= 0.3 is 0 Å². The van der Waals surface area contributed by atoms with Crippen molar-refractivity contribution in [3.63, 3.8) is 0 Å². The lowest BCUT2D eigenvalue weighted by Gasteiger charge is -2.43. The Bertz CT molecular complexity index is 1080. The van der Waals surface area contributed by atoms with Crippen LogP contribution in [0.1, 0.15) is 35.7 Å². The van der Waals surface area contributed by atoms with Crippen molar-refractivity contribution >= 4 is 21.7 Å². The van der Waals surface area contributed by atoms with Gasteiger partial charge in [0, 0.05) is 32.5 Å². The highest BCUT2D eigenvalue weighted by molar-refractivity contribution is 7.93. The highest BCUT2D eigenvalue weighted by atomic mass is 32.2. The number of para-hydroxylation sites is 1. The largest absolute Gasteiger partial charge is 0.493 e. The van der Waals surface area contributed by atoms with Gasteiger partial charge in [0.25, 0.3) is 5.91 Å². The summed E-state index contributed by atoms with van der Waals surface area (Å²) in [5.41, 5.74) is 1.35. The van der Waals surface area contributed by atoms with E-state index in [1.165, 1.54) is 4.90 Å². The molecule has 2 aliphatic rings. The van der Waals surface area contributed by atoms with E-state index in [0.29, 0.717) is 17.9 Å². The zero-order valence-electron chi connectivity index (χ0n) is 17.5. The van der Waals surface area contributed by atoms with E-state index in [1.54, 1.807) is 23.1 Å². The Balaban J connectivity index is 1.56. The van der Waals surface area contributed by atoms with E-state index >= 15 is 0 Å². The quantitative estimate of drug-likeness (QED) is 0.710. The standard InChI is InChI=1S/C23H26N2O5S/c1-2-30-20-11-7-6-10-19(20)22(27)24-14-12-23(13-15-24)25(21(26)17-31(23,28)29)16-18-8-4-3-5-9-18/h3-11H,2,12-17H2,1H3. The van der Waals surface area contributed by atoms with E-state index in [9.17, 15) is 18.0 Å². The van der Waals surface area contributed by atoms with Crippen LogP contribution in [-0.4, -0.2) is 60.4 Å². The molecular formula is C23H26N2O5S. The maximum atomic E-state index is 13.1. The van der Waals surface area contributed by atoms with Crippen LogP contribution in [0.3, 0.4) is 0 Å². The van der Waals surface area contributed by atoms with Crippen LogP contribution < -0.4 is 4.74 Å². The third-order valence-electron chi connectivity index (χ3n) is 6.12. The first-order valence-electron chi connectivity index (χ1n) is 10.5. The van der Waals surface area contributed by atoms with Crippen LogP contribution in [-0.2, 0) is 21.2 Å². The number of nitrogens with zero attached hydrogens (tertiary/aromatic N) is 2. The summed E-state index contributed by atoms with van der Waals surface area (Å²) in [7, 11) is -3.64. The summed E-state index contributed by atoms with van der Waals surface area (Å²) in [5, 5.41) is 0. The Kier molecular flexibility index (Phi) is 5.75. The van der Waals surface area contributed by atoms with Crippen LogP contribution in [0, 0.1) is 0 Å². The average molecular weight is 443 g/mol. The number of carbonyl (C=O) groups excluding carboxylic acids is 2. The second kappa shape index (κ2) is 8.34. The first-order chi connectivity index (χ1) is 14.9. The van der Waals surface area contributed by atoms with Crippen LogP contribution in [0.15, 0.2) is 54.6 Å². The molecular weight excluding hydrogens is 416 g/mol. The summed E-state index contributed by atoms with van der Waals surface area (Å²) >= 11 is 0. The number of hydrogen-bond acceptors (Lipinski definition) is 5. The van der Waals surface area contributed by atoms with Crippen molar-refractivity contribution in [1.82, 2.24) is 9.80 Å². The van der Waals surface area contributed by atoms with Gasteiger partial charge in [0.2, 0.25) is 5.91 Å². The van der Waals surface area contributed by atoms with E-state index in [0.717, 1.165) is 5.56 Å². The molecule has 2 heterocycles. The molecule has 2 saturated heterocycles. The minimum atomic E-state index is -3.64. The van der Waals surface area contributed by atoms with Crippen molar-refractivity contribution in [2.75, 3.05) is 25.4 Å². The van der Waals surface area contributed by atoms with Gasteiger partial charge < -0.3 is 14.5 Å². The number of sulfone groups is 1. The van der Waals surface area contributed by atoms with Gasteiger partial charge in [-0.2, -0.15) is 0 Å². The summed E-state index contributed by atoms with van der Waals surface area (Å²) in [6.07, 6.45) is 0.410. The summed E-state index contributed by atoms with van der Waals surface area (Å²) in [4.78, 5) is 27.7. The van der Waals surface area contributed by atoms with E-state index in [-0.39, 0.29) is 44.3 Å². The van der Waals surface area contributed by atoms with Gasteiger partial charge in [-0.3, -0.25) is 9.59 Å². The predicted molar refractivity (Wildman–Crippen MR) is 116 cm³/mol. The molecule has 164 valence electrons. The van der Waals surface area contributed by atoms with Crippen molar-refractivity contribution in [2.45, 2.75) is 31.2 Å². The lowest BCUT2D eigenvalue weighted by molar-refractivity contribution is -0.131. The smallest absolute Gasteiger partial charge is 0.257 e. The van der Waals surface area contributed by atoms with Gasteiger partial charge in [-0.25, -0.2) is 8.42 Å². The zero-order chi connectivity index (χ0) is 22.1. The first kappa shape index (κ1) is 21.4. The second-order valence-corrected chi connectivity index (χ2v) is 10.2. The fourth-order valence-electron chi connectivity index (χ4n) is 4.50. The zero-order valence-corrected chi connectivity index (χ0v) is 18.3. The lowest BCUT2D eigenvalue weighted by Crippen LogP contribution is -2.56. The molecule has 2 amide bonds. The number of hydrogen-bond donors (Lipinski definition) is 0. The summed E-state index contributed by atoms with van der Waals surface area (Å²) in [5.74, 6) is -0.508. The number of ether oxygens (including phenoxy) is 1. The molecule has 2 fully saturated rings. The molecule has 2 aromatic carbocycles. The molecule has 0 radical (unpaired) electrons. The maximum Gasteiger partial charge on any atom is 0.257 e. The molecule has 31 heavy (non-hydrogen) atoms. The summed E-state index contributed by atoms with van der Waals surface area (Å²) < 4.78 is 31.7. The van der Waals surface area contributed by atoms with Gasteiger partial charge in [-0.1, -0.05) is 42.5 Å². The highest BCUT2D eigenvalue weighted by Crippen LogP contribution is 2.41. The maximum absolute atomic E-state index is 13.1. The van der Waals surface area contributed by atoms with Gasteiger partial charge in [-0.05, 0) is 24.6 Å². The first-order valence-corrected chi connectivity index (χ1v) is 12.1. The molecule has 4 rings (SSSR count). The van der Waals surface area contributed by atoms with Crippen molar-refractivity contribution in [3.05, 3.63) is 65.7 Å². The number of carbonyl (C=O) groups is 2. The summed E-state index contributed by atoms with van der Waals surface area (Å²) in [6, 6.07) is 16.5. The average Bonchev–Trinajstić information content (AvgIpc) is 2.95.